The van der Waals surface area contributed by atoms with Crippen LogP contribution in [0.1, 0.15) is 37.2 Å². The van der Waals surface area contributed by atoms with Crippen LogP contribution in [0, 0.1) is 17.6 Å². The lowest BCUT2D eigenvalue weighted by Gasteiger charge is -2.34. The fourth-order valence-corrected chi connectivity index (χ4v) is 3.51. The van der Waals surface area contributed by atoms with Crippen LogP contribution in [-0.2, 0) is 14.3 Å². The summed E-state index contributed by atoms with van der Waals surface area (Å²) in [5.41, 5.74) is 0.352. The average molecular weight is 353 g/mol. The second-order valence-electron chi connectivity index (χ2n) is 6.63. The summed E-state index contributed by atoms with van der Waals surface area (Å²) < 4.78 is 32.3. The highest BCUT2D eigenvalue weighted by molar-refractivity contribution is 5.83. The number of carbonyl (C=O) groups is 2. The summed E-state index contributed by atoms with van der Waals surface area (Å²) in [7, 11) is 0. The third kappa shape index (κ3) is 4.15. The van der Waals surface area contributed by atoms with E-state index in [1.54, 1.807) is 4.90 Å². The topological polar surface area (TPSA) is 66.8 Å². The van der Waals surface area contributed by atoms with Gasteiger partial charge in [0.1, 0.15) is 11.6 Å². The average Bonchev–Trinajstić information content (AvgIpc) is 3.36. The van der Waals surface area contributed by atoms with E-state index < -0.39 is 17.6 Å². The van der Waals surface area contributed by atoms with Crippen LogP contribution in [0.25, 0.3) is 0 Å². The van der Waals surface area contributed by atoms with Gasteiger partial charge in [0.05, 0.1) is 6.42 Å². The van der Waals surface area contributed by atoms with Gasteiger partial charge in [-0.1, -0.05) is 6.07 Å². The first-order valence-electron chi connectivity index (χ1n) is 8.52. The number of halogens is 2. The minimum atomic E-state index is -0.957. The number of amides is 1. The molecule has 0 spiro atoms. The number of carbonyl (C=O) groups excluding carboxylic acids is 1. The van der Waals surface area contributed by atoms with Gasteiger partial charge in [0.2, 0.25) is 5.91 Å². The van der Waals surface area contributed by atoms with Crippen molar-refractivity contribution >= 4 is 11.9 Å². The summed E-state index contributed by atoms with van der Waals surface area (Å²) in [5.74, 6) is -3.00. The molecule has 1 aliphatic heterocycles. The summed E-state index contributed by atoms with van der Waals surface area (Å²) in [5, 5.41) is 8.94. The van der Waals surface area contributed by atoms with Gasteiger partial charge < -0.3 is 14.7 Å². The molecule has 1 saturated carbocycles. The van der Waals surface area contributed by atoms with E-state index in [0.29, 0.717) is 38.0 Å². The number of aliphatic carboxylic acids is 1. The normalized spacial score (nSPS) is 23.3. The number of nitrogens with zero attached hydrogens (tertiary/aromatic N) is 1. The van der Waals surface area contributed by atoms with E-state index >= 15 is 0 Å². The van der Waals surface area contributed by atoms with Gasteiger partial charge in [-0.2, -0.15) is 0 Å². The smallest absolute Gasteiger partial charge is 0.305 e. The molecule has 1 N–H and O–H groups in total. The van der Waals surface area contributed by atoms with Gasteiger partial charge >= 0.3 is 5.97 Å². The molecule has 0 unspecified atom stereocenters. The second-order valence-corrected chi connectivity index (χ2v) is 6.63. The summed E-state index contributed by atoms with van der Waals surface area (Å²) in [6.45, 7) is 1.23. The molecule has 1 aliphatic carbocycles. The van der Waals surface area contributed by atoms with Crippen molar-refractivity contribution < 1.29 is 28.2 Å². The summed E-state index contributed by atoms with van der Waals surface area (Å²) in [6.07, 6.45) is 1.74. The number of benzene rings is 1. The zero-order valence-electron chi connectivity index (χ0n) is 13.8. The van der Waals surface area contributed by atoms with E-state index in [1.807, 2.05) is 0 Å². The second kappa shape index (κ2) is 7.47. The lowest BCUT2D eigenvalue weighted by Crippen LogP contribution is -2.45. The largest absolute Gasteiger partial charge is 0.481 e. The number of carboxylic acids is 1. The molecule has 136 valence electrons. The molecule has 1 amide bonds. The van der Waals surface area contributed by atoms with Crippen LogP contribution in [0.15, 0.2) is 18.2 Å². The molecule has 1 heterocycles. The van der Waals surface area contributed by atoms with Crippen molar-refractivity contribution in [2.45, 2.75) is 37.6 Å². The van der Waals surface area contributed by atoms with Gasteiger partial charge in [0.15, 0.2) is 0 Å². The molecule has 2 atom stereocenters. The van der Waals surface area contributed by atoms with Gasteiger partial charge in [-0.25, -0.2) is 8.78 Å². The Kier molecular flexibility index (Phi) is 5.32. The molecule has 0 bridgehead atoms. The van der Waals surface area contributed by atoms with Gasteiger partial charge in [-0.15, -0.1) is 0 Å². The van der Waals surface area contributed by atoms with Gasteiger partial charge in [0.25, 0.3) is 0 Å². The van der Waals surface area contributed by atoms with E-state index in [4.69, 9.17) is 9.84 Å². The quantitative estimate of drug-likeness (QED) is 0.854. The highest BCUT2D eigenvalue weighted by atomic mass is 19.1. The molecule has 0 aromatic heterocycles. The Bertz CT molecular complexity index is 660. The molecule has 1 aromatic rings. The SMILES string of the molecule is O=C(O)CCN(C(=O)[C@H]1C[C@@H]1c1ccc(F)cc1F)C1CCOCC1. The molecular weight excluding hydrogens is 332 g/mol. The maximum absolute atomic E-state index is 13.9. The van der Waals surface area contributed by atoms with Crippen molar-refractivity contribution in [3.05, 3.63) is 35.4 Å². The van der Waals surface area contributed by atoms with E-state index in [-0.39, 0.29) is 36.8 Å². The predicted molar refractivity (Wildman–Crippen MR) is 85.0 cm³/mol. The summed E-state index contributed by atoms with van der Waals surface area (Å²) in [6, 6.07) is 3.37. The molecule has 2 fully saturated rings. The highest BCUT2D eigenvalue weighted by Crippen LogP contribution is 2.49. The molecular formula is C18H21F2NO4. The summed E-state index contributed by atoms with van der Waals surface area (Å²) in [4.78, 5) is 25.4. The van der Waals surface area contributed by atoms with Crippen molar-refractivity contribution in [3.63, 3.8) is 0 Å². The van der Waals surface area contributed by atoms with Crippen molar-refractivity contribution in [3.8, 4) is 0 Å². The number of ether oxygens (including phenoxy) is 1. The van der Waals surface area contributed by atoms with Crippen LogP contribution in [0.4, 0.5) is 8.78 Å². The lowest BCUT2D eigenvalue weighted by atomic mass is 10.0. The zero-order valence-corrected chi connectivity index (χ0v) is 13.8. The van der Waals surface area contributed by atoms with E-state index in [1.165, 1.54) is 12.1 Å². The van der Waals surface area contributed by atoms with Crippen LogP contribution in [0.2, 0.25) is 0 Å². The third-order valence-corrected chi connectivity index (χ3v) is 4.95. The van der Waals surface area contributed by atoms with Gasteiger partial charge in [-0.3, -0.25) is 9.59 Å². The monoisotopic (exact) mass is 353 g/mol. The number of hydrogen-bond donors (Lipinski definition) is 1. The van der Waals surface area contributed by atoms with Crippen LogP contribution >= 0.6 is 0 Å². The number of hydrogen-bond acceptors (Lipinski definition) is 3. The Balaban J connectivity index is 1.70. The van der Waals surface area contributed by atoms with Gasteiger partial charge in [0, 0.05) is 37.8 Å². The minimum absolute atomic E-state index is 0.0417. The molecule has 7 heteroatoms. The fraction of sp³-hybridized carbons (Fsp3) is 0.556. The predicted octanol–water partition coefficient (Wildman–Crippen LogP) is 2.55. The van der Waals surface area contributed by atoms with Crippen molar-refractivity contribution in [1.82, 2.24) is 4.90 Å². The third-order valence-electron chi connectivity index (χ3n) is 4.95. The molecule has 5 nitrogen and oxygen atoms in total. The molecule has 1 aromatic carbocycles. The van der Waals surface area contributed by atoms with Crippen LogP contribution in [0.3, 0.4) is 0 Å². The molecule has 3 rings (SSSR count). The minimum Gasteiger partial charge on any atom is -0.481 e. The Morgan fingerprint density at radius 1 is 1.24 bits per heavy atom. The highest BCUT2D eigenvalue weighted by Gasteiger charge is 2.48. The Hall–Kier alpha value is -2.02. The number of carboxylic acid groups (broad SMARTS) is 1. The van der Waals surface area contributed by atoms with Crippen LogP contribution < -0.4 is 0 Å². The standard InChI is InChI=1S/C18H21F2NO4/c19-11-1-2-13(16(20)9-11)14-10-15(14)18(24)21(6-3-17(22)23)12-4-7-25-8-5-12/h1-2,9,12,14-15H,3-8,10H2,(H,22,23)/t14-,15+/m1/s1. The van der Waals surface area contributed by atoms with E-state index in [9.17, 15) is 18.4 Å². The van der Waals surface area contributed by atoms with E-state index in [2.05, 4.69) is 0 Å². The molecule has 25 heavy (non-hydrogen) atoms. The molecule has 0 radical (unpaired) electrons. The number of rotatable bonds is 6. The van der Waals surface area contributed by atoms with Crippen molar-refractivity contribution in [1.29, 1.82) is 0 Å². The maximum Gasteiger partial charge on any atom is 0.305 e. The first-order chi connectivity index (χ1) is 12.0. The lowest BCUT2D eigenvalue weighted by molar-refractivity contribution is -0.141. The van der Waals surface area contributed by atoms with Crippen LogP contribution in [0.5, 0.6) is 0 Å². The van der Waals surface area contributed by atoms with Crippen molar-refractivity contribution in [2.24, 2.45) is 5.92 Å². The van der Waals surface area contributed by atoms with Gasteiger partial charge in [-0.05, 0) is 36.8 Å². The first kappa shape index (κ1) is 17.8. The molecule has 2 aliphatic rings. The molecule has 1 saturated heterocycles. The zero-order chi connectivity index (χ0) is 18.0. The first-order valence-corrected chi connectivity index (χ1v) is 8.52. The Morgan fingerprint density at radius 3 is 2.60 bits per heavy atom. The Morgan fingerprint density at radius 2 is 1.96 bits per heavy atom. The van der Waals surface area contributed by atoms with Crippen LogP contribution in [-0.4, -0.2) is 47.7 Å². The Labute approximate surface area is 144 Å². The van der Waals surface area contributed by atoms with E-state index in [0.717, 1.165) is 6.07 Å². The maximum atomic E-state index is 13.9. The fourth-order valence-electron chi connectivity index (χ4n) is 3.51. The summed E-state index contributed by atoms with van der Waals surface area (Å²) >= 11 is 0. The van der Waals surface area contributed by atoms with Crippen molar-refractivity contribution in [2.75, 3.05) is 19.8 Å².